The van der Waals surface area contributed by atoms with Crippen molar-refractivity contribution in [2.75, 3.05) is 26.7 Å². The number of likely N-dealkylation sites (tertiary alicyclic amines) is 1. The average molecular weight is 378 g/mol. The van der Waals surface area contributed by atoms with E-state index in [0.29, 0.717) is 13.1 Å². The predicted octanol–water partition coefficient (Wildman–Crippen LogP) is 0.558. The third-order valence-corrected chi connectivity index (χ3v) is 6.21. The maximum Gasteiger partial charge on any atom is 0.253 e. The molecule has 2 N–H and O–H groups in total. The van der Waals surface area contributed by atoms with Crippen LogP contribution in [0.4, 0.5) is 0 Å². The molecule has 1 fully saturated rings. The number of hydrogen-bond donors (Lipinski definition) is 1. The van der Waals surface area contributed by atoms with Crippen LogP contribution in [0.3, 0.4) is 0 Å². The summed E-state index contributed by atoms with van der Waals surface area (Å²) in [5, 5.41) is 9.06. The number of carbonyl (C=O) groups excluding carboxylic acids is 2. The van der Waals surface area contributed by atoms with Crippen molar-refractivity contribution in [3.63, 3.8) is 0 Å². The topological polar surface area (TPSA) is 125 Å². The molecular weight excluding hydrogens is 356 g/mol. The molecule has 1 aromatic carbocycles. The standard InChI is InChI=1S/C17H22N4O4S/c1-20(9-7-16(19)22)26(24,25)15-6-2-5-14(10-15)17(23)21-8-3-4-13(11-18)12-21/h2,5-6,10,13H,3-4,7-9,12H2,1H3,(H2,19,22). The van der Waals surface area contributed by atoms with Crippen molar-refractivity contribution in [3.8, 4) is 6.07 Å². The highest BCUT2D eigenvalue weighted by atomic mass is 32.2. The van der Waals surface area contributed by atoms with Gasteiger partial charge in [0.25, 0.3) is 5.91 Å². The van der Waals surface area contributed by atoms with Crippen LogP contribution in [0, 0.1) is 17.2 Å². The summed E-state index contributed by atoms with van der Waals surface area (Å²) in [5.74, 6) is -1.07. The first-order valence-corrected chi connectivity index (χ1v) is 9.73. The molecule has 1 saturated heterocycles. The molecule has 1 aliphatic rings. The van der Waals surface area contributed by atoms with E-state index in [9.17, 15) is 18.0 Å². The SMILES string of the molecule is CN(CCC(N)=O)S(=O)(=O)c1cccc(C(=O)N2CCCC(C#N)C2)c1. The van der Waals surface area contributed by atoms with Gasteiger partial charge in [0, 0.05) is 38.7 Å². The Bertz CT molecular complexity index is 831. The van der Waals surface area contributed by atoms with E-state index in [1.807, 2.05) is 0 Å². The zero-order valence-corrected chi connectivity index (χ0v) is 15.4. The normalized spacial score (nSPS) is 17.7. The number of nitriles is 1. The Kier molecular flexibility index (Phi) is 6.34. The highest BCUT2D eigenvalue weighted by Gasteiger charge is 2.26. The van der Waals surface area contributed by atoms with Crippen LogP contribution in [0.15, 0.2) is 29.2 Å². The minimum atomic E-state index is -3.83. The van der Waals surface area contributed by atoms with Crippen molar-refractivity contribution in [1.29, 1.82) is 5.26 Å². The molecule has 9 heteroatoms. The lowest BCUT2D eigenvalue weighted by atomic mass is 9.99. The molecule has 1 atom stereocenters. The summed E-state index contributed by atoms with van der Waals surface area (Å²) in [6, 6.07) is 7.98. The Morgan fingerprint density at radius 2 is 2.15 bits per heavy atom. The van der Waals surface area contributed by atoms with Crippen LogP contribution in [0.25, 0.3) is 0 Å². The second-order valence-electron chi connectivity index (χ2n) is 6.29. The molecule has 0 aliphatic carbocycles. The molecule has 2 amide bonds. The number of primary amides is 1. The fourth-order valence-corrected chi connectivity index (χ4v) is 4.02. The van der Waals surface area contributed by atoms with Gasteiger partial charge in [0.15, 0.2) is 0 Å². The number of benzene rings is 1. The second kappa shape index (κ2) is 8.29. The molecule has 1 aliphatic heterocycles. The van der Waals surface area contributed by atoms with Crippen molar-refractivity contribution in [3.05, 3.63) is 29.8 Å². The van der Waals surface area contributed by atoms with Crippen molar-refractivity contribution in [1.82, 2.24) is 9.21 Å². The first-order chi connectivity index (χ1) is 12.3. The lowest BCUT2D eigenvalue weighted by molar-refractivity contribution is -0.118. The molecule has 0 radical (unpaired) electrons. The Morgan fingerprint density at radius 1 is 1.42 bits per heavy atom. The van der Waals surface area contributed by atoms with Gasteiger partial charge < -0.3 is 10.6 Å². The molecule has 0 aromatic heterocycles. The van der Waals surface area contributed by atoms with Crippen molar-refractivity contribution >= 4 is 21.8 Å². The largest absolute Gasteiger partial charge is 0.370 e. The number of amides is 2. The number of piperidine rings is 1. The molecule has 0 bridgehead atoms. The lowest BCUT2D eigenvalue weighted by Gasteiger charge is -2.29. The first-order valence-electron chi connectivity index (χ1n) is 8.29. The number of rotatable bonds is 6. The van der Waals surface area contributed by atoms with E-state index >= 15 is 0 Å². The van der Waals surface area contributed by atoms with E-state index in [2.05, 4.69) is 6.07 Å². The first kappa shape index (κ1) is 19.9. The third-order valence-electron chi connectivity index (χ3n) is 4.35. The van der Waals surface area contributed by atoms with Gasteiger partial charge in [-0.05, 0) is 31.0 Å². The summed E-state index contributed by atoms with van der Waals surface area (Å²) in [4.78, 5) is 25.1. The zero-order valence-electron chi connectivity index (χ0n) is 14.6. The van der Waals surface area contributed by atoms with Gasteiger partial charge in [0.05, 0.1) is 16.9 Å². The van der Waals surface area contributed by atoms with E-state index in [4.69, 9.17) is 11.0 Å². The van der Waals surface area contributed by atoms with Gasteiger partial charge in [0.2, 0.25) is 15.9 Å². The molecule has 2 rings (SSSR count). The van der Waals surface area contributed by atoms with Gasteiger partial charge in [-0.3, -0.25) is 9.59 Å². The van der Waals surface area contributed by atoms with E-state index < -0.39 is 15.9 Å². The summed E-state index contributed by atoms with van der Waals surface area (Å²) in [6.07, 6.45) is 1.43. The van der Waals surface area contributed by atoms with Crippen molar-refractivity contribution in [2.45, 2.75) is 24.2 Å². The Balaban J connectivity index is 2.20. The van der Waals surface area contributed by atoms with E-state index in [1.54, 1.807) is 11.0 Å². The maximum absolute atomic E-state index is 12.7. The summed E-state index contributed by atoms with van der Waals surface area (Å²) in [5.41, 5.74) is 5.32. The Labute approximate surface area is 153 Å². The predicted molar refractivity (Wildman–Crippen MR) is 94.3 cm³/mol. The van der Waals surface area contributed by atoms with Gasteiger partial charge in [0.1, 0.15) is 0 Å². The van der Waals surface area contributed by atoms with Crippen molar-refractivity contribution < 1.29 is 18.0 Å². The zero-order chi connectivity index (χ0) is 19.3. The highest BCUT2D eigenvalue weighted by Crippen LogP contribution is 2.21. The van der Waals surface area contributed by atoms with E-state index in [0.717, 1.165) is 17.1 Å². The van der Waals surface area contributed by atoms with E-state index in [1.165, 1.54) is 25.2 Å². The third kappa shape index (κ3) is 4.59. The number of nitrogens with zero attached hydrogens (tertiary/aromatic N) is 3. The molecule has 8 nitrogen and oxygen atoms in total. The van der Waals surface area contributed by atoms with Gasteiger partial charge in [-0.25, -0.2) is 12.7 Å². The molecule has 1 unspecified atom stereocenters. The molecule has 0 spiro atoms. The quantitative estimate of drug-likeness (QED) is 0.774. The van der Waals surface area contributed by atoms with Gasteiger partial charge in [-0.2, -0.15) is 5.26 Å². The number of hydrogen-bond acceptors (Lipinski definition) is 5. The fraction of sp³-hybridized carbons (Fsp3) is 0.471. The summed E-state index contributed by atoms with van der Waals surface area (Å²) < 4.78 is 26.2. The van der Waals surface area contributed by atoms with Crippen LogP contribution in [-0.2, 0) is 14.8 Å². The van der Waals surface area contributed by atoms with Crippen LogP contribution in [0.5, 0.6) is 0 Å². The Hall–Kier alpha value is -2.44. The van der Waals surface area contributed by atoms with Gasteiger partial charge in [-0.15, -0.1) is 0 Å². The average Bonchev–Trinajstić information content (AvgIpc) is 2.65. The number of nitrogens with two attached hydrogens (primary N) is 1. The van der Waals surface area contributed by atoms with Gasteiger partial charge >= 0.3 is 0 Å². The molecule has 1 aromatic rings. The summed E-state index contributed by atoms with van der Waals surface area (Å²) in [6.45, 7) is 0.864. The van der Waals surface area contributed by atoms with Crippen LogP contribution < -0.4 is 5.73 Å². The fourth-order valence-electron chi connectivity index (χ4n) is 2.81. The molecule has 26 heavy (non-hydrogen) atoms. The number of sulfonamides is 1. The molecular formula is C17H22N4O4S. The lowest BCUT2D eigenvalue weighted by Crippen LogP contribution is -2.39. The number of carbonyl (C=O) groups is 2. The highest BCUT2D eigenvalue weighted by molar-refractivity contribution is 7.89. The minimum absolute atomic E-state index is 0.0239. The molecule has 1 heterocycles. The molecule has 0 saturated carbocycles. The summed E-state index contributed by atoms with van der Waals surface area (Å²) in [7, 11) is -2.48. The summed E-state index contributed by atoms with van der Waals surface area (Å²) >= 11 is 0. The van der Waals surface area contributed by atoms with Crippen LogP contribution in [0.1, 0.15) is 29.6 Å². The van der Waals surface area contributed by atoms with Crippen LogP contribution >= 0.6 is 0 Å². The Morgan fingerprint density at radius 3 is 2.81 bits per heavy atom. The van der Waals surface area contributed by atoms with Crippen LogP contribution in [-0.4, -0.2) is 56.1 Å². The second-order valence-corrected chi connectivity index (χ2v) is 8.34. The van der Waals surface area contributed by atoms with Crippen LogP contribution in [0.2, 0.25) is 0 Å². The van der Waals surface area contributed by atoms with E-state index in [-0.39, 0.29) is 35.2 Å². The minimum Gasteiger partial charge on any atom is -0.370 e. The van der Waals surface area contributed by atoms with Gasteiger partial charge in [-0.1, -0.05) is 6.07 Å². The molecule has 140 valence electrons. The maximum atomic E-state index is 12.7. The monoisotopic (exact) mass is 378 g/mol. The smallest absolute Gasteiger partial charge is 0.253 e. The van der Waals surface area contributed by atoms with Crippen molar-refractivity contribution in [2.24, 2.45) is 11.7 Å².